The molecular weight excluding hydrogens is 302 g/mol. The molecule has 0 aliphatic rings. The molecule has 0 radical (unpaired) electrons. The molecule has 2 amide bonds. The first kappa shape index (κ1) is 16.5. The van der Waals surface area contributed by atoms with Crippen molar-refractivity contribution in [3.63, 3.8) is 0 Å². The van der Waals surface area contributed by atoms with E-state index in [1.165, 1.54) is 0 Å². The second-order valence-electron chi connectivity index (χ2n) is 4.70. The average molecular weight is 316 g/mol. The molecule has 0 saturated carbocycles. The van der Waals surface area contributed by atoms with Gasteiger partial charge in [0.2, 0.25) is 0 Å². The first-order chi connectivity index (χ1) is 11.0. The van der Waals surface area contributed by atoms with Crippen LogP contribution in [0.15, 0.2) is 42.5 Å². The molecule has 118 valence electrons. The minimum absolute atomic E-state index is 0.0310. The number of rotatable bonds is 4. The Morgan fingerprint density at radius 3 is 2.35 bits per heavy atom. The van der Waals surface area contributed by atoms with Crippen molar-refractivity contribution in [3.8, 4) is 12.3 Å². The van der Waals surface area contributed by atoms with Gasteiger partial charge in [-0.1, -0.05) is 36.3 Å². The molecule has 0 fully saturated rings. The monoisotopic (exact) mass is 316 g/mol. The Hall–Kier alpha value is -2.91. The third-order valence-corrected chi connectivity index (χ3v) is 3.14. The van der Waals surface area contributed by atoms with Gasteiger partial charge in [0.05, 0.1) is 12.6 Å². The molecule has 0 aliphatic heterocycles. The Labute approximate surface area is 132 Å². The predicted octanol–water partition coefficient (Wildman–Crippen LogP) is 2.80. The van der Waals surface area contributed by atoms with Crippen LogP contribution < -0.4 is 10.6 Å². The van der Waals surface area contributed by atoms with Crippen LogP contribution in [0.2, 0.25) is 0 Å². The molecule has 2 rings (SSSR count). The summed E-state index contributed by atoms with van der Waals surface area (Å²) < 4.78 is 27.5. The van der Waals surface area contributed by atoms with Gasteiger partial charge in [-0.3, -0.25) is 0 Å². The van der Waals surface area contributed by atoms with Crippen LogP contribution in [0.3, 0.4) is 0 Å². The number of benzene rings is 2. The van der Waals surface area contributed by atoms with Gasteiger partial charge in [-0.2, -0.15) is 0 Å². The second kappa shape index (κ2) is 7.38. The summed E-state index contributed by atoms with van der Waals surface area (Å²) in [6, 6.07) is 9.04. The van der Waals surface area contributed by atoms with E-state index in [1.54, 1.807) is 30.3 Å². The topological polar surface area (TPSA) is 61.4 Å². The molecule has 23 heavy (non-hydrogen) atoms. The van der Waals surface area contributed by atoms with E-state index in [0.717, 1.165) is 12.1 Å². The van der Waals surface area contributed by atoms with Crippen molar-refractivity contribution < 1.29 is 18.7 Å². The quantitative estimate of drug-likeness (QED) is 0.760. The SMILES string of the molecule is C#Cc1cc(F)c(NC(=O)N[C@H](CO)c2ccccc2)c(F)c1. The van der Waals surface area contributed by atoms with Crippen molar-refractivity contribution in [1.29, 1.82) is 0 Å². The minimum Gasteiger partial charge on any atom is -0.394 e. The summed E-state index contributed by atoms with van der Waals surface area (Å²) in [5.41, 5.74) is 0.0866. The van der Waals surface area contributed by atoms with Gasteiger partial charge in [0.25, 0.3) is 0 Å². The Bertz CT molecular complexity index is 719. The molecule has 3 N–H and O–H groups in total. The molecular formula is C17H14F2N2O2. The minimum atomic E-state index is -0.978. The van der Waals surface area contributed by atoms with Crippen molar-refractivity contribution in [2.24, 2.45) is 0 Å². The van der Waals surface area contributed by atoms with E-state index in [0.29, 0.717) is 5.56 Å². The maximum absolute atomic E-state index is 13.8. The summed E-state index contributed by atoms with van der Waals surface area (Å²) in [5.74, 6) is 0.154. The maximum Gasteiger partial charge on any atom is 0.319 e. The zero-order valence-corrected chi connectivity index (χ0v) is 12.0. The highest BCUT2D eigenvalue weighted by molar-refractivity contribution is 5.90. The molecule has 2 aromatic carbocycles. The standard InChI is InChI=1S/C17H14F2N2O2/c1-2-11-8-13(18)16(14(19)9-11)21-17(23)20-15(10-22)12-6-4-3-5-7-12/h1,3-9,15,22H,10H2,(H2,20,21,23)/t15-/m1/s1. The number of anilines is 1. The van der Waals surface area contributed by atoms with E-state index in [2.05, 4.69) is 16.6 Å². The van der Waals surface area contributed by atoms with Gasteiger partial charge in [-0.05, 0) is 17.7 Å². The zero-order valence-electron chi connectivity index (χ0n) is 12.0. The number of urea groups is 1. The third kappa shape index (κ3) is 4.05. The number of carbonyl (C=O) groups excluding carboxylic acids is 1. The molecule has 0 aromatic heterocycles. The van der Waals surface area contributed by atoms with Crippen molar-refractivity contribution in [3.05, 3.63) is 65.2 Å². The fourth-order valence-electron chi connectivity index (χ4n) is 2.00. The van der Waals surface area contributed by atoms with Gasteiger partial charge in [0.1, 0.15) is 5.69 Å². The highest BCUT2D eigenvalue weighted by atomic mass is 19.1. The van der Waals surface area contributed by atoms with Crippen LogP contribution in [0.25, 0.3) is 0 Å². The lowest BCUT2D eigenvalue weighted by Crippen LogP contribution is -2.34. The number of aliphatic hydroxyl groups is 1. The lowest BCUT2D eigenvalue weighted by Gasteiger charge is -2.17. The molecule has 0 bridgehead atoms. The first-order valence-electron chi connectivity index (χ1n) is 6.74. The van der Waals surface area contributed by atoms with Crippen LogP contribution in [0.1, 0.15) is 17.2 Å². The summed E-state index contributed by atoms with van der Waals surface area (Å²) in [5, 5.41) is 13.9. The average Bonchev–Trinajstić information content (AvgIpc) is 2.56. The lowest BCUT2D eigenvalue weighted by molar-refractivity contribution is 0.225. The molecule has 4 nitrogen and oxygen atoms in total. The summed E-state index contributed by atoms with van der Waals surface area (Å²) in [7, 11) is 0. The Balaban J connectivity index is 2.12. The van der Waals surface area contributed by atoms with Crippen molar-refractivity contribution in [2.45, 2.75) is 6.04 Å². The highest BCUT2D eigenvalue weighted by Gasteiger charge is 2.17. The van der Waals surface area contributed by atoms with Crippen LogP contribution in [0.4, 0.5) is 19.3 Å². The molecule has 0 heterocycles. The molecule has 0 unspecified atom stereocenters. The van der Waals surface area contributed by atoms with E-state index < -0.39 is 29.4 Å². The van der Waals surface area contributed by atoms with Crippen molar-refractivity contribution in [2.75, 3.05) is 11.9 Å². The molecule has 1 atom stereocenters. The lowest BCUT2D eigenvalue weighted by atomic mass is 10.1. The fraction of sp³-hybridized carbons (Fsp3) is 0.118. The van der Waals surface area contributed by atoms with Crippen molar-refractivity contribution >= 4 is 11.7 Å². The third-order valence-electron chi connectivity index (χ3n) is 3.14. The Morgan fingerprint density at radius 2 is 1.83 bits per heavy atom. The van der Waals surface area contributed by atoms with E-state index in [-0.39, 0.29) is 12.2 Å². The fourth-order valence-corrected chi connectivity index (χ4v) is 2.00. The van der Waals surface area contributed by atoms with Crippen LogP contribution in [-0.4, -0.2) is 17.7 Å². The molecule has 6 heteroatoms. The van der Waals surface area contributed by atoms with Gasteiger partial charge in [-0.15, -0.1) is 6.42 Å². The van der Waals surface area contributed by atoms with Gasteiger partial charge in [-0.25, -0.2) is 13.6 Å². The zero-order chi connectivity index (χ0) is 16.8. The number of halogens is 2. The van der Waals surface area contributed by atoms with E-state index >= 15 is 0 Å². The molecule has 2 aromatic rings. The van der Waals surface area contributed by atoms with Gasteiger partial charge >= 0.3 is 6.03 Å². The van der Waals surface area contributed by atoms with E-state index in [4.69, 9.17) is 6.42 Å². The van der Waals surface area contributed by atoms with Crippen LogP contribution in [0.5, 0.6) is 0 Å². The van der Waals surface area contributed by atoms with Crippen molar-refractivity contribution in [1.82, 2.24) is 5.32 Å². The van der Waals surface area contributed by atoms with E-state index in [9.17, 15) is 18.7 Å². The number of terminal acetylenes is 1. The largest absolute Gasteiger partial charge is 0.394 e. The summed E-state index contributed by atoms with van der Waals surface area (Å²) in [6.45, 7) is -0.363. The molecule has 0 spiro atoms. The van der Waals surface area contributed by atoms with Gasteiger partial charge in [0.15, 0.2) is 11.6 Å². The molecule has 0 aliphatic carbocycles. The smallest absolute Gasteiger partial charge is 0.319 e. The maximum atomic E-state index is 13.8. The van der Waals surface area contributed by atoms with E-state index in [1.807, 2.05) is 0 Å². The Morgan fingerprint density at radius 1 is 1.22 bits per heavy atom. The number of hydrogen-bond acceptors (Lipinski definition) is 2. The summed E-state index contributed by atoms with van der Waals surface area (Å²) in [6.07, 6.45) is 5.08. The highest BCUT2D eigenvalue weighted by Crippen LogP contribution is 2.21. The van der Waals surface area contributed by atoms with Gasteiger partial charge < -0.3 is 15.7 Å². The summed E-state index contributed by atoms with van der Waals surface area (Å²) in [4.78, 5) is 11.9. The number of carbonyl (C=O) groups is 1. The van der Waals surface area contributed by atoms with Crippen LogP contribution >= 0.6 is 0 Å². The molecule has 0 saturated heterocycles. The Kier molecular flexibility index (Phi) is 5.28. The number of nitrogens with one attached hydrogen (secondary N) is 2. The van der Waals surface area contributed by atoms with Crippen LogP contribution in [0, 0.1) is 24.0 Å². The second-order valence-corrected chi connectivity index (χ2v) is 4.70. The summed E-state index contributed by atoms with van der Waals surface area (Å²) >= 11 is 0. The first-order valence-corrected chi connectivity index (χ1v) is 6.74. The predicted molar refractivity (Wildman–Crippen MR) is 82.7 cm³/mol. The van der Waals surface area contributed by atoms with Crippen LogP contribution in [-0.2, 0) is 0 Å². The number of amides is 2. The number of hydrogen-bond donors (Lipinski definition) is 3. The normalized spacial score (nSPS) is 11.4. The number of aliphatic hydroxyl groups excluding tert-OH is 1. The van der Waals surface area contributed by atoms with Gasteiger partial charge in [0, 0.05) is 5.56 Å².